The van der Waals surface area contributed by atoms with Crippen molar-refractivity contribution in [3.63, 3.8) is 0 Å². The quantitative estimate of drug-likeness (QED) is 0.608. The van der Waals surface area contributed by atoms with Crippen LogP contribution in [0, 0.1) is 5.92 Å². The van der Waals surface area contributed by atoms with Gasteiger partial charge in [0.15, 0.2) is 0 Å². The second-order valence-corrected chi connectivity index (χ2v) is 3.15. The van der Waals surface area contributed by atoms with Crippen molar-refractivity contribution in [2.75, 3.05) is 6.54 Å². The van der Waals surface area contributed by atoms with Gasteiger partial charge in [0.2, 0.25) is 0 Å². The summed E-state index contributed by atoms with van der Waals surface area (Å²) in [6, 6.07) is 9.79. The predicted molar refractivity (Wildman–Crippen MR) is 50.7 cm³/mol. The molecule has 0 aromatic heterocycles. The van der Waals surface area contributed by atoms with Crippen LogP contribution < -0.4 is 0 Å². The lowest BCUT2D eigenvalue weighted by Gasteiger charge is -1.95. The summed E-state index contributed by atoms with van der Waals surface area (Å²) in [5.74, 6) is 0.581. The lowest BCUT2D eigenvalue weighted by Crippen LogP contribution is -1.89. The van der Waals surface area contributed by atoms with E-state index in [-0.39, 0.29) is 0 Å². The van der Waals surface area contributed by atoms with E-state index in [9.17, 15) is 0 Å². The predicted octanol–water partition coefficient (Wildman–Crippen LogP) is 3.43. The minimum Gasteiger partial charge on any atom is -0.188 e. The van der Waals surface area contributed by atoms with Gasteiger partial charge in [-0.25, -0.2) is 0 Å². The van der Waals surface area contributed by atoms with Gasteiger partial charge in [-0.3, -0.25) is 0 Å². The Balaban J connectivity index is 2.47. The highest BCUT2D eigenvalue weighted by molar-refractivity contribution is 5.34. The number of hydrogen-bond acceptors (Lipinski definition) is 2. The number of hydrogen-bond donors (Lipinski definition) is 0. The summed E-state index contributed by atoms with van der Waals surface area (Å²) in [7, 11) is 0. The molecule has 1 rings (SSSR count). The van der Waals surface area contributed by atoms with Crippen LogP contribution in [0.3, 0.4) is 0 Å². The van der Waals surface area contributed by atoms with E-state index in [1.54, 1.807) is 0 Å². The fourth-order valence-corrected chi connectivity index (χ4v) is 0.780. The monoisotopic (exact) mass is 162 g/mol. The fourth-order valence-electron chi connectivity index (χ4n) is 0.780. The first-order chi connectivity index (χ1) is 5.79. The van der Waals surface area contributed by atoms with E-state index in [0.717, 1.165) is 12.2 Å². The topological polar surface area (TPSA) is 24.7 Å². The molecule has 0 radical (unpaired) electrons. The Hall–Kier alpha value is -1.18. The molecule has 2 nitrogen and oxygen atoms in total. The largest absolute Gasteiger partial charge is 0.188 e. The second-order valence-electron chi connectivity index (χ2n) is 3.15. The van der Waals surface area contributed by atoms with Crippen LogP contribution >= 0.6 is 0 Å². The molecule has 0 spiro atoms. The van der Waals surface area contributed by atoms with Crippen LogP contribution in [0.15, 0.2) is 40.6 Å². The van der Waals surface area contributed by atoms with Gasteiger partial charge in [0.25, 0.3) is 0 Å². The first-order valence-corrected chi connectivity index (χ1v) is 4.21. The molecule has 0 aliphatic rings. The summed E-state index contributed by atoms with van der Waals surface area (Å²) in [5.41, 5.74) is 0.929. The molecule has 12 heavy (non-hydrogen) atoms. The van der Waals surface area contributed by atoms with Crippen molar-refractivity contribution in [2.24, 2.45) is 16.1 Å². The third kappa shape index (κ3) is 3.28. The van der Waals surface area contributed by atoms with Crippen molar-refractivity contribution in [3.8, 4) is 0 Å². The molecule has 2 heteroatoms. The molecule has 1 aromatic rings. The Morgan fingerprint density at radius 3 is 2.42 bits per heavy atom. The van der Waals surface area contributed by atoms with E-state index in [2.05, 4.69) is 24.1 Å². The van der Waals surface area contributed by atoms with Gasteiger partial charge in [-0.15, -0.1) is 0 Å². The Bertz CT molecular complexity index is 239. The Morgan fingerprint density at radius 1 is 1.17 bits per heavy atom. The number of azo groups is 1. The summed E-state index contributed by atoms with van der Waals surface area (Å²) in [4.78, 5) is 0. The zero-order valence-corrected chi connectivity index (χ0v) is 7.57. The number of benzene rings is 1. The molecule has 0 aliphatic heterocycles. The van der Waals surface area contributed by atoms with E-state index in [1.807, 2.05) is 30.3 Å². The third-order valence-electron chi connectivity index (χ3n) is 1.39. The molecule has 0 N–H and O–H groups in total. The lowest BCUT2D eigenvalue weighted by molar-refractivity contribution is 0.647. The lowest BCUT2D eigenvalue weighted by atomic mass is 10.2. The van der Waals surface area contributed by atoms with Crippen LogP contribution in [0.25, 0.3) is 0 Å². The summed E-state index contributed by atoms with van der Waals surface area (Å²) in [6.45, 7) is 5.06. The summed E-state index contributed by atoms with van der Waals surface area (Å²) in [6.07, 6.45) is 0. The van der Waals surface area contributed by atoms with Gasteiger partial charge >= 0.3 is 0 Å². The molecule has 0 atom stereocenters. The van der Waals surface area contributed by atoms with Crippen molar-refractivity contribution in [1.82, 2.24) is 0 Å². The number of rotatable bonds is 3. The zero-order chi connectivity index (χ0) is 8.81. The minimum atomic E-state index is 0.581. The summed E-state index contributed by atoms with van der Waals surface area (Å²) in [5, 5.41) is 8.14. The highest BCUT2D eigenvalue weighted by atomic mass is 15.1. The molecule has 0 bridgehead atoms. The average Bonchev–Trinajstić information content (AvgIpc) is 2.05. The Morgan fingerprint density at radius 2 is 1.83 bits per heavy atom. The van der Waals surface area contributed by atoms with Crippen molar-refractivity contribution in [2.45, 2.75) is 13.8 Å². The van der Waals surface area contributed by atoms with E-state index in [4.69, 9.17) is 0 Å². The maximum absolute atomic E-state index is 4.07. The van der Waals surface area contributed by atoms with E-state index < -0.39 is 0 Å². The van der Waals surface area contributed by atoms with Crippen molar-refractivity contribution >= 4 is 5.69 Å². The summed E-state index contributed by atoms with van der Waals surface area (Å²) >= 11 is 0. The van der Waals surface area contributed by atoms with Gasteiger partial charge in [0, 0.05) is 0 Å². The highest BCUT2D eigenvalue weighted by Gasteiger charge is 1.89. The Kier molecular flexibility index (Phi) is 3.45. The first-order valence-electron chi connectivity index (χ1n) is 4.21. The molecule has 64 valence electrons. The van der Waals surface area contributed by atoms with Gasteiger partial charge in [0.1, 0.15) is 0 Å². The molecule has 0 aliphatic carbocycles. The molecule has 0 unspecified atom stereocenters. The molecule has 0 amide bonds. The molecule has 1 aromatic carbocycles. The molecule has 0 saturated carbocycles. The normalized spacial score (nSPS) is 11.2. The van der Waals surface area contributed by atoms with E-state index >= 15 is 0 Å². The minimum absolute atomic E-state index is 0.581. The summed E-state index contributed by atoms with van der Waals surface area (Å²) < 4.78 is 0. The smallest absolute Gasteiger partial charge is 0.0852 e. The molecular weight excluding hydrogens is 148 g/mol. The van der Waals surface area contributed by atoms with Crippen molar-refractivity contribution in [3.05, 3.63) is 30.3 Å². The van der Waals surface area contributed by atoms with Crippen LogP contribution in [0.1, 0.15) is 13.8 Å². The van der Waals surface area contributed by atoms with Gasteiger partial charge in [-0.05, 0) is 18.1 Å². The van der Waals surface area contributed by atoms with Gasteiger partial charge < -0.3 is 0 Å². The standard InChI is InChI=1S/C10H14N2/c1-9(2)8-11-12-10-6-4-3-5-7-10/h3-7,9H,8H2,1-2H3/b12-11+. The Labute approximate surface area is 73.3 Å². The maximum atomic E-state index is 4.07. The van der Waals surface area contributed by atoms with Crippen molar-refractivity contribution < 1.29 is 0 Å². The van der Waals surface area contributed by atoms with Gasteiger partial charge in [-0.2, -0.15) is 10.2 Å². The van der Waals surface area contributed by atoms with Gasteiger partial charge in [0.05, 0.1) is 12.2 Å². The van der Waals surface area contributed by atoms with E-state index in [1.165, 1.54) is 0 Å². The third-order valence-corrected chi connectivity index (χ3v) is 1.39. The molecule has 0 saturated heterocycles. The molecule has 0 heterocycles. The van der Waals surface area contributed by atoms with Crippen LogP contribution in [0.4, 0.5) is 5.69 Å². The molecular formula is C10H14N2. The highest BCUT2D eigenvalue weighted by Crippen LogP contribution is 2.10. The van der Waals surface area contributed by atoms with Crippen LogP contribution in [-0.2, 0) is 0 Å². The average molecular weight is 162 g/mol. The molecule has 0 fully saturated rings. The second kappa shape index (κ2) is 4.65. The van der Waals surface area contributed by atoms with Crippen LogP contribution in [0.2, 0.25) is 0 Å². The first kappa shape index (κ1) is 8.91. The van der Waals surface area contributed by atoms with Crippen LogP contribution in [0.5, 0.6) is 0 Å². The fraction of sp³-hybridized carbons (Fsp3) is 0.400. The SMILES string of the molecule is CC(C)C/N=N/c1ccccc1. The maximum Gasteiger partial charge on any atom is 0.0852 e. The van der Waals surface area contributed by atoms with Crippen molar-refractivity contribution in [1.29, 1.82) is 0 Å². The van der Waals surface area contributed by atoms with Gasteiger partial charge in [-0.1, -0.05) is 32.0 Å². The zero-order valence-electron chi connectivity index (χ0n) is 7.57. The van der Waals surface area contributed by atoms with Crippen LogP contribution in [-0.4, -0.2) is 6.54 Å². The number of nitrogens with zero attached hydrogens (tertiary/aromatic N) is 2. The van der Waals surface area contributed by atoms with E-state index in [0.29, 0.717) is 5.92 Å².